The largest absolute Gasteiger partial charge is 0.392 e. The minimum absolute atomic E-state index is 0.0450. The van der Waals surface area contributed by atoms with E-state index in [4.69, 9.17) is 5.11 Å². The Kier molecular flexibility index (Phi) is 6.31. The van der Waals surface area contributed by atoms with Gasteiger partial charge < -0.3 is 10.4 Å². The van der Waals surface area contributed by atoms with Crippen LogP contribution in [-0.4, -0.2) is 16.8 Å². The van der Waals surface area contributed by atoms with Crippen molar-refractivity contribution in [2.75, 3.05) is 5.75 Å². The van der Waals surface area contributed by atoms with Crippen LogP contribution in [0.5, 0.6) is 0 Å². The minimum atomic E-state index is 0.0450. The zero-order chi connectivity index (χ0) is 14.9. The van der Waals surface area contributed by atoms with Crippen LogP contribution in [0.1, 0.15) is 17.5 Å². The highest BCUT2D eigenvalue weighted by atomic mass is 32.2. The number of rotatable bonds is 7. The van der Waals surface area contributed by atoms with E-state index >= 15 is 0 Å². The molecule has 0 saturated heterocycles. The lowest BCUT2D eigenvalue weighted by Crippen LogP contribution is -2.22. The van der Waals surface area contributed by atoms with Gasteiger partial charge in [-0.2, -0.15) is 0 Å². The number of hydrogen-bond donors (Lipinski definition) is 2. The van der Waals surface area contributed by atoms with Gasteiger partial charge in [-0.15, -0.1) is 11.8 Å². The van der Waals surface area contributed by atoms with Crippen molar-refractivity contribution in [2.45, 2.75) is 24.5 Å². The molecular weight excluding hydrogens is 282 g/mol. The molecule has 0 saturated carbocycles. The highest BCUT2D eigenvalue weighted by molar-refractivity contribution is 7.99. The predicted octanol–water partition coefficient (Wildman–Crippen LogP) is 2.98. The van der Waals surface area contributed by atoms with Gasteiger partial charge in [-0.3, -0.25) is 4.79 Å². The monoisotopic (exact) mass is 301 g/mol. The molecule has 0 unspecified atom stereocenters. The summed E-state index contributed by atoms with van der Waals surface area (Å²) in [5, 5.41) is 11.9. The average Bonchev–Trinajstić information content (AvgIpc) is 2.54. The van der Waals surface area contributed by atoms with E-state index < -0.39 is 0 Å². The molecule has 1 amide bonds. The van der Waals surface area contributed by atoms with Gasteiger partial charge in [0.2, 0.25) is 5.91 Å². The van der Waals surface area contributed by atoms with Gasteiger partial charge in [0.15, 0.2) is 0 Å². The summed E-state index contributed by atoms with van der Waals surface area (Å²) in [6, 6.07) is 17.7. The van der Waals surface area contributed by atoms with E-state index in [9.17, 15) is 4.79 Å². The van der Waals surface area contributed by atoms with Crippen LogP contribution in [0.3, 0.4) is 0 Å². The zero-order valence-electron chi connectivity index (χ0n) is 11.8. The van der Waals surface area contributed by atoms with E-state index in [-0.39, 0.29) is 12.5 Å². The summed E-state index contributed by atoms with van der Waals surface area (Å²) in [6.07, 6.45) is 0.508. The average molecular weight is 301 g/mol. The van der Waals surface area contributed by atoms with Crippen LogP contribution in [0.2, 0.25) is 0 Å². The molecule has 2 rings (SSSR count). The number of nitrogens with one attached hydrogen (secondary N) is 1. The molecule has 110 valence electrons. The Balaban J connectivity index is 1.67. The van der Waals surface area contributed by atoms with Crippen LogP contribution >= 0.6 is 11.8 Å². The highest BCUT2D eigenvalue weighted by Crippen LogP contribution is 2.17. The molecule has 2 aromatic rings. The number of aliphatic hydroxyl groups excluding tert-OH is 1. The van der Waals surface area contributed by atoms with Crippen molar-refractivity contribution in [3.05, 3.63) is 65.7 Å². The molecule has 0 aliphatic carbocycles. The van der Waals surface area contributed by atoms with Crippen molar-refractivity contribution in [1.82, 2.24) is 5.32 Å². The van der Waals surface area contributed by atoms with Crippen LogP contribution in [0.15, 0.2) is 59.5 Å². The number of aliphatic hydroxyl groups is 1. The molecule has 0 atom stereocenters. The third-order valence-electron chi connectivity index (χ3n) is 3.04. The summed E-state index contributed by atoms with van der Waals surface area (Å²) in [5.74, 6) is 0.837. The summed E-state index contributed by atoms with van der Waals surface area (Å²) < 4.78 is 0. The fraction of sp³-hybridized carbons (Fsp3) is 0.235. The minimum Gasteiger partial charge on any atom is -0.392 e. The number of benzene rings is 2. The second-order valence-electron chi connectivity index (χ2n) is 4.66. The van der Waals surface area contributed by atoms with Crippen molar-refractivity contribution in [3.63, 3.8) is 0 Å². The van der Waals surface area contributed by atoms with Gasteiger partial charge in [-0.05, 0) is 23.3 Å². The van der Waals surface area contributed by atoms with Gasteiger partial charge in [0.25, 0.3) is 0 Å². The third-order valence-corrected chi connectivity index (χ3v) is 4.05. The summed E-state index contributed by atoms with van der Waals surface area (Å²) >= 11 is 1.69. The fourth-order valence-corrected chi connectivity index (χ4v) is 2.70. The molecule has 0 radical (unpaired) electrons. The maximum absolute atomic E-state index is 11.8. The number of hydrogen-bond acceptors (Lipinski definition) is 3. The molecule has 0 fully saturated rings. The first-order chi connectivity index (χ1) is 10.3. The molecule has 0 heterocycles. The van der Waals surface area contributed by atoms with Crippen molar-refractivity contribution < 1.29 is 9.90 Å². The van der Waals surface area contributed by atoms with Crippen LogP contribution in [-0.2, 0) is 17.9 Å². The Labute approximate surface area is 129 Å². The molecular formula is C17H19NO2S. The number of carbonyl (C=O) groups is 1. The van der Waals surface area contributed by atoms with Crippen molar-refractivity contribution in [2.24, 2.45) is 0 Å². The second kappa shape index (κ2) is 8.49. The number of amides is 1. The van der Waals surface area contributed by atoms with E-state index in [2.05, 4.69) is 5.32 Å². The molecule has 3 nitrogen and oxygen atoms in total. The lowest BCUT2D eigenvalue weighted by molar-refractivity contribution is -0.120. The molecule has 0 bridgehead atoms. The first-order valence-electron chi connectivity index (χ1n) is 6.91. The maximum Gasteiger partial charge on any atom is 0.221 e. The third kappa shape index (κ3) is 5.61. The van der Waals surface area contributed by atoms with E-state index in [0.29, 0.717) is 13.0 Å². The van der Waals surface area contributed by atoms with Crippen molar-refractivity contribution in [3.8, 4) is 0 Å². The first-order valence-corrected chi connectivity index (χ1v) is 7.90. The SMILES string of the molecule is O=C(CCSc1ccccc1)NCc1ccc(CO)cc1. The van der Waals surface area contributed by atoms with Crippen molar-refractivity contribution in [1.29, 1.82) is 0 Å². The van der Waals surface area contributed by atoms with Crippen LogP contribution < -0.4 is 5.32 Å². The molecule has 0 spiro atoms. The summed E-state index contributed by atoms with van der Waals surface area (Å²) in [5.41, 5.74) is 1.92. The standard InChI is InChI=1S/C17H19NO2S/c19-13-15-8-6-14(7-9-15)12-18-17(20)10-11-21-16-4-2-1-3-5-16/h1-9,19H,10-13H2,(H,18,20). The van der Waals surface area contributed by atoms with Gasteiger partial charge in [-0.25, -0.2) is 0 Å². The summed E-state index contributed by atoms with van der Waals surface area (Å²) in [6.45, 7) is 0.573. The van der Waals surface area contributed by atoms with E-state index in [0.717, 1.165) is 16.9 Å². The summed E-state index contributed by atoms with van der Waals surface area (Å²) in [4.78, 5) is 13.0. The van der Waals surface area contributed by atoms with Gasteiger partial charge in [0.1, 0.15) is 0 Å². The summed E-state index contributed by atoms with van der Waals surface area (Å²) in [7, 11) is 0. The highest BCUT2D eigenvalue weighted by Gasteiger charge is 2.02. The topological polar surface area (TPSA) is 49.3 Å². The molecule has 2 N–H and O–H groups in total. The van der Waals surface area contributed by atoms with Crippen LogP contribution in [0.25, 0.3) is 0 Å². The first kappa shape index (κ1) is 15.6. The quantitative estimate of drug-likeness (QED) is 0.773. The van der Waals surface area contributed by atoms with Crippen LogP contribution in [0.4, 0.5) is 0 Å². The Bertz CT molecular complexity index is 555. The normalized spacial score (nSPS) is 10.3. The predicted molar refractivity (Wildman–Crippen MR) is 86.0 cm³/mol. The fourth-order valence-electron chi connectivity index (χ4n) is 1.83. The molecule has 4 heteroatoms. The van der Waals surface area contributed by atoms with Crippen molar-refractivity contribution >= 4 is 17.7 Å². The Hall–Kier alpha value is -1.78. The lowest BCUT2D eigenvalue weighted by atomic mass is 10.1. The van der Waals surface area contributed by atoms with Crippen LogP contribution in [0, 0.1) is 0 Å². The van der Waals surface area contributed by atoms with Gasteiger partial charge >= 0.3 is 0 Å². The van der Waals surface area contributed by atoms with E-state index in [1.54, 1.807) is 11.8 Å². The lowest BCUT2D eigenvalue weighted by Gasteiger charge is -2.06. The van der Waals surface area contributed by atoms with E-state index in [1.165, 1.54) is 4.90 Å². The van der Waals surface area contributed by atoms with E-state index in [1.807, 2.05) is 54.6 Å². The molecule has 21 heavy (non-hydrogen) atoms. The molecule has 0 aliphatic rings. The second-order valence-corrected chi connectivity index (χ2v) is 5.83. The van der Waals surface area contributed by atoms with Gasteiger partial charge in [-0.1, -0.05) is 42.5 Å². The number of carbonyl (C=O) groups excluding carboxylic acids is 1. The smallest absolute Gasteiger partial charge is 0.221 e. The Morgan fingerprint density at radius 1 is 1.00 bits per heavy atom. The van der Waals surface area contributed by atoms with Gasteiger partial charge in [0, 0.05) is 23.6 Å². The molecule has 2 aromatic carbocycles. The maximum atomic E-state index is 11.8. The molecule has 0 aliphatic heterocycles. The zero-order valence-corrected chi connectivity index (χ0v) is 12.6. The molecule has 0 aromatic heterocycles. The Morgan fingerprint density at radius 2 is 1.67 bits per heavy atom. The Morgan fingerprint density at radius 3 is 2.33 bits per heavy atom. The van der Waals surface area contributed by atoms with Gasteiger partial charge in [0.05, 0.1) is 6.61 Å². The number of thioether (sulfide) groups is 1.